The molecular formula is C26H27ClN2O4S. The van der Waals surface area contributed by atoms with Crippen molar-refractivity contribution in [1.29, 1.82) is 0 Å². The van der Waals surface area contributed by atoms with Gasteiger partial charge in [-0.25, -0.2) is 8.42 Å². The molecule has 0 saturated carbocycles. The summed E-state index contributed by atoms with van der Waals surface area (Å²) in [5, 5.41) is 3.27. The van der Waals surface area contributed by atoms with E-state index in [4.69, 9.17) is 16.3 Å². The average Bonchev–Trinajstić information content (AvgIpc) is 3.31. The van der Waals surface area contributed by atoms with Crippen molar-refractivity contribution in [2.75, 3.05) is 18.0 Å². The molecule has 0 fully saturated rings. The third-order valence-electron chi connectivity index (χ3n) is 6.03. The largest absolute Gasteiger partial charge is 0.495 e. The van der Waals surface area contributed by atoms with Gasteiger partial charge in [0, 0.05) is 5.02 Å². The number of ether oxygens (including phenoxy) is 1. The monoisotopic (exact) mass is 498 g/mol. The van der Waals surface area contributed by atoms with Crippen molar-refractivity contribution in [3.05, 3.63) is 88.4 Å². The summed E-state index contributed by atoms with van der Waals surface area (Å²) in [6, 6.07) is 18.6. The maximum Gasteiger partial charge on any atom is 0.264 e. The van der Waals surface area contributed by atoms with E-state index in [0.29, 0.717) is 10.8 Å². The van der Waals surface area contributed by atoms with Crippen LogP contribution in [0.3, 0.4) is 0 Å². The highest BCUT2D eigenvalue weighted by molar-refractivity contribution is 7.92. The second-order valence-electron chi connectivity index (χ2n) is 8.31. The van der Waals surface area contributed by atoms with Crippen LogP contribution in [0.2, 0.25) is 5.02 Å². The molecule has 0 heterocycles. The molecule has 1 N–H and O–H groups in total. The van der Waals surface area contributed by atoms with Crippen molar-refractivity contribution in [3.8, 4) is 5.75 Å². The molecule has 1 aliphatic rings. The quantitative estimate of drug-likeness (QED) is 0.478. The van der Waals surface area contributed by atoms with Crippen LogP contribution in [0.15, 0.2) is 71.6 Å². The van der Waals surface area contributed by atoms with Crippen molar-refractivity contribution in [1.82, 2.24) is 5.32 Å². The highest BCUT2D eigenvalue weighted by Crippen LogP contribution is 2.35. The standard InChI is InChI=1S/C26H27ClN2O4S/c1-18(20-12-11-19-7-6-8-21(19)15-20)28-26(30)17-29(24-16-22(27)13-14-25(24)33-2)34(31,32)23-9-4-3-5-10-23/h3-5,9-16,18H,6-8,17H2,1-2H3,(H,28,30)/t18-/m0/s1. The van der Waals surface area contributed by atoms with Crippen LogP contribution in [0.4, 0.5) is 5.69 Å². The highest BCUT2D eigenvalue weighted by atomic mass is 35.5. The Morgan fingerprint density at radius 1 is 1.06 bits per heavy atom. The van der Waals surface area contributed by atoms with Gasteiger partial charge in [-0.15, -0.1) is 0 Å². The SMILES string of the molecule is COc1ccc(Cl)cc1N(CC(=O)N[C@@H](C)c1ccc2c(c1)CCC2)S(=O)(=O)c1ccccc1. The number of carbonyl (C=O) groups is 1. The Balaban J connectivity index is 1.63. The minimum atomic E-state index is -4.07. The summed E-state index contributed by atoms with van der Waals surface area (Å²) in [7, 11) is -2.63. The summed E-state index contributed by atoms with van der Waals surface area (Å²) in [4.78, 5) is 13.2. The lowest BCUT2D eigenvalue weighted by atomic mass is 10.0. The van der Waals surface area contributed by atoms with Gasteiger partial charge in [-0.05, 0) is 73.2 Å². The van der Waals surface area contributed by atoms with Gasteiger partial charge in [0.15, 0.2) is 0 Å². The first-order chi connectivity index (χ1) is 16.3. The van der Waals surface area contributed by atoms with Crippen molar-refractivity contribution >= 4 is 33.2 Å². The maximum atomic E-state index is 13.6. The molecule has 0 aromatic heterocycles. The molecule has 8 heteroatoms. The zero-order chi connectivity index (χ0) is 24.3. The first kappa shape index (κ1) is 24.1. The van der Waals surface area contributed by atoms with Gasteiger partial charge >= 0.3 is 0 Å². The fraction of sp³-hybridized carbons (Fsp3) is 0.269. The van der Waals surface area contributed by atoms with Gasteiger partial charge in [-0.3, -0.25) is 9.10 Å². The van der Waals surface area contributed by atoms with Gasteiger partial charge in [0.1, 0.15) is 12.3 Å². The smallest absolute Gasteiger partial charge is 0.264 e. The van der Waals surface area contributed by atoms with E-state index in [1.807, 2.05) is 13.0 Å². The third-order valence-corrected chi connectivity index (χ3v) is 8.04. The highest BCUT2D eigenvalue weighted by Gasteiger charge is 2.30. The molecule has 3 aromatic carbocycles. The van der Waals surface area contributed by atoms with Crippen LogP contribution in [-0.2, 0) is 27.7 Å². The van der Waals surface area contributed by atoms with E-state index in [2.05, 4.69) is 17.4 Å². The van der Waals surface area contributed by atoms with Crippen molar-refractivity contribution in [2.45, 2.75) is 37.1 Å². The molecule has 0 saturated heterocycles. The van der Waals surface area contributed by atoms with Gasteiger partial charge in [0.25, 0.3) is 10.0 Å². The fourth-order valence-corrected chi connectivity index (χ4v) is 5.85. The van der Waals surface area contributed by atoms with Crippen LogP contribution < -0.4 is 14.4 Å². The molecule has 34 heavy (non-hydrogen) atoms. The Labute approximate surface area is 205 Å². The number of rotatable bonds is 8. The van der Waals surface area contributed by atoms with Crippen LogP contribution in [0.5, 0.6) is 5.75 Å². The molecule has 0 aliphatic heterocycles. The Morgan fingerprint density at radius 2 is 1.79 bits per heavy atom. The molecule has 1 aliphatic carbocycles. The number of aryl methyl sites for hydroxylation is 2. The molecular weight excluding hydrogens is 472 g/mol. The maximum absolute atomic E-state index is 13.6. The number of nitrogens with zero attached hydrogens (tertiary/aromatic N) is 1. The van der Waals surface area contributed by atoms with Crippen molar-refractivity contribution < 1.29 is 17.9 Å². The number of sulfonamides is 1. The van der Waals surface area contributed by atoms with E-state index in [1.165, 1.54) is 36.4 Å². The molecule has 0 radical (unpaired) electrons. The predicted molar refractivity (Wildman–Crippen MR) is 134 cm³/mol. The molecule has 1 atom stereocenters. The molecule has 0 bridgehead atoms. The number of anilines is 1. The number of hydrogen-bond acceptors (Lipinski definition) is 4. The van der Waals surface area contributed by atoms with E-state index in [1.54, 1.807) is 30.3 Å². The summed E-state index contributed by atoms with van der Waals surface area (Å²) < 4.78 is 33.6. The van der Waals surface area contributed by atoms with Crippen molar-refractivity contribution in [2.24, 2.45) is 0 Å². The zero-order valence-corrected chi connectivity index (χ0v) is 20.7. The van der Waals surface area contributed by atoms with Gasteiger partial charge < -0.3 is 10.1 Å². The van der Waals surface area contributed by atoms with Gasteiger partial charge in [-0.2, -0.15) is 0 Å². The predicted octanol–water partition coefficient (Wildman–Crippen LogP) is 4.91. The van der Waals surface area contributed by atoms with Crippen LogP contribution in [-0.4, -0.2) is 28.0 Å². The minimum Gasteiger partial charge on any atom is -0.495 e. The lowest BCUT2D eigenvalue weighted by Gasteiger charge is -2.26. The Bertz CT molecular complexity index is 1300. The van der Waals surface area contributed by atoms with Crippen LogP contribution in [0.25, 0.3) is 0 Å². The topological polar surface area (TPSA) is 75.7 Å². The number of fused-ring (bicyclic) bond motifs is 1. The average molecular weight is 499 g/mol. The molecule has 1 amide bonds. The van der Waals surface area contributed by atoms with Crippen molar-refractivity contribution in [3.63, 3.8) is 0 Å². The molecule has 0 spiro atoms. The number of methoxy groups -OCH3 is 1. The first-order valence-electron chi connectivity index (χ1n) is 11.1. The fourth-order valence-electron chi connectivity index (χ4n) is 4.24. The lowest BCUT2D eigenvalue weighted by Crippen LogP contribution is -2.41. The molecule has 0 unspecified atom stereocenters. The minimum absolute atomic E-state index is 0.0662. The summed E-state index contributed by atoms with van der Waals surface area (Å²) in [5.41, 5.74) is 3.86. The van der Waals surface area contributed by atoms with Gasteiger partial charge in [-0.1, -0.05) is 48.0 Å². The molecule has 178 valence electrons. The summed E-state index contributed by atoms with van der Waals surface area (Å²) >= 11 is 6.18. The number of amides is 1. The van der Waals surface area contributed by atoms with Gasteiger partial charge in [0.2, 0.25) is 5.91 Å². The van der Waals surface area contributed by atoms with E-state index in [-0.39, 0.29) is 16.6 Å². The summed E-state index contributed by atoms with van der Waals surface area (Å²) in [6.45, 7) is 1.47. The molecule has 3 aromatic rings. The lowest BCUT2D eigenvalue weighted by molar-refractivity contribution is -0.120. The Morgan fingerprint density at radius 3 is 2.53 bits per heavy atom. The molecule has 6 nitrogen and oxygen atoms in total. The van der Waals surface area contributed by atoms with Crippen LogP contribution >= 0.6 is 11.6 Å². The second kappa shape index (κ2) is 10.1. The van der Waals surface area contributed by atoms with Gasteiger partial charge in [0.05, 0.1) is 23.7 Å². The number of carbonyl (C=O) groups excluding carboxylic acids is 1. The van der Waals surface area contributed by atoms with E-state index in [0.717, 1.165) is 29.1 Å². The van der Waals surface area contributed by atoms with E-state index in [9.17, 15) is 13.2 Å². The third kappa shape index (κ3) is 5.05. The summed E-state index contributed by atoms with van der Waals surface area (Å²) in [6.07, 6.45) is 3.28. The first-order valence-corrected chi connectivity index (χ1v) is 12.9. The Kier molecular flexibility index (Phi) is 7.14. The van der Waals surface area contributed by atoms with Crippen LogP contribution in [0, 0.1) is 0 Å². The normalized spacial score (nSPS) is 13.7. The second-order valence-corrected chi connectivity index (χ2v) is 10.6. The number of hydrogen-bond donors (Lipinski definition) is 1. The van der Waals surface area contributed by atoms with Crippen LogP contribution in [0.1, 0.15) is 36.1 Å². The Hall–Kier alpha value is -3.03. The number of halogens is 1. The van der Waals surface area contributed by atoms with E-state index < -0.39 is 22.5 Å². The number of benzene rings is 3. The summed E-state index contributed by atoms with van der Waals surface area (Å²) in [5.74, 6) is -0.141. The molecule has 4 rings (SSSR count). The number of nitrogens with one attached hydrogen (secondary N) is 1. The zero-order valence-electron chi connectivity index (χ0n) is 19.1. The van der Waals surface area contributed by atoms with E-state index >= 15 is 0 Å².